The smallest absolute Gasteiger partial charge is 0.289 e. The van der Waals surface area contributed by atoms with E-state index in [4.69, 9.17) is 20.8 Å². The van der Waals surface area contributed by atoms with Crippen molar-refractivity contribution in [2.75, 3.05) is 46.9 Å². The van der Waals surface area contributed by atoms with Crippen molar-refractivity contribution in [2.24, 2.45) is 11.3 Å². The number of amides is 1. The maximum atomic E-state index is 12.9. The zero-order valence-electron chi connectivity index (χ0n) is 13.9. The highest BCUT2D eigenvalue weighted by Gasteiger charge is 2.52. The van der Waals surface area contributed by atoms with E-state index >= 15 is 0 Å². The van der Waals surface area contributed by atoms with Gasteiger partial charge in [-0.25, -0.2) is 0 Å². The molecule has 6 heteroatoms. The summed E-state index contributed by atoms with van der Waals surface area (Å²) in [7, 11) is 4.13. The third kappa shape index (κ3) is 2.61. The van der Waals surface area contributed by atoms with E-state index < -0.39 is 0 Å². The van der Waals surface area contributed by atoms with Crippen LogP contribution in [0.5, 0.6) is 0 Å². The van der Waals surface area contributed by atoms with Crippen LogP contribution in [0.15, 0.2) is 28.7 Å². The van der Waals surface area contributed by atoms with Crippen molar-refractivity contribution in [3.63, 3.8) is 0 Å². The highest BCUT2D eigenvalue weighted by atomic mass is 35.5. The van der Waals surface area contributed by atoms with Gasteiger partial charge in [-0.2, -0.15) is 0 Å². The van der Waals surface area contributed by atoms with Crippen LogP contribution in [0.1, 0.15) is 10.6 Å². The summed E-state index contributed by atoms with van der Waals surface area (Å²) in [5.74, 6) is 0.727. The monoisotopic (exact) mass is 348 g/mol. The fourth-order valence-electron chi connectivity index (χ4n) is 4.12. The van der Waals surface area contributed by atoms with Crippen LogP contribution in [-0.4, -0.2) is 62.7 Å². The van der Waals surface area contributed by atoms with Crippen LogP contribution >= 0.6 is 11.6 Å². The molecule has 2 aromatic rings. The van der Waals surface area contributed by atoms with E-state index in [0.717, 1.165) is 31.7 Å². The summed E-state index contributed by atoms with van der Waals surface area (Å²) in [5, 5.41) is 1.50. The molecule has 0 radical (unpaired) electrons. The predicted octanol–water partition coefficient (Wildman–Crippen LogP) is 2.74. The Hall–Kier alpha value is -1.56. The highest BCUT2D eigenvalue weighted by Crippen LogP contribution is 2.42. The molecular formula is C18H21ClN2O3. The Kier molecular flexibility index (Phi) is 3.82. The van der Waals surface area contributed by atoms with Gasteiger partial charge in [0.15, 0.2) is 5.76 Å². The van der Waals surface area contributed by atoms with E-state index in [1.54, 1.807) is 18.2 Å². The fraction of sp³-hybridized carbons (Fsp3) is 0.500. The molecule has 2 atom stereocenters. The van der Waals surface area contributed by atoms with Crippen molar-refractivity contribution in [2.45, 2.75) is 0 Å². The van der Waals surface area contributed by atoms with Crippen LogP contribution in [0.25, 0.3) is 11.0 Å². The molecule has 0 saturated carbocycles. The van der Waals surface area contributed by atoms with Crippen LogP contribution in [0, 0.1) is 11.3 Å². The summed E-state index contributed by atoms with van der Waals surface area (Å²) in [6.07, 6.45) is 0. The first kappa shape index (κ1) is 15.9. The molecule has 4 rings (SSSR count). The van der Waals surface area contributed by atoms with Gasteiger partial charge in [0.1, 0.15) is 5.58 Å². The van der Waals surface area contributed by atoms with E-state index in [1.807, 2.05) is 11.0 Å². The predicted molar refractivity (Wildman–Crippen MR) is 92.4 cm³/mol. The zero-order chi connectivity index (χ0) is 16.9. The van der Waals surface area contributed by atoms with Crippen LogP contribution in [0.3, 0.4) is 0 Å². The molecule has 3 heterocycles. The van der Waals surface area contributed by atoms with Gasteiger partial charge in [0.2, 0.25) is 0 Å². The Morgan fingerprint density at radius 1 is 1.42 bits per heavy atom. The van der Waals surface area contributed by atoms with Gasteiger partial charge in [-0.15, -0.1) is 0 Å². The quantitative estimate of drug-likeness (QED) is 0.855. The number of carbonyl (C=O) groups excluding carboxylic acids is 1. The maximum Gasteiger partial charge on any atom is 0.289 e. The Balaban J connectivity index is 1.58. The van der Waals surface area contributed by atoms with Gasteiger partial charge in [0.05, 0.1) is 13.2 Å². The third-order valence-electron chi connectivity index (χ3n) is 5.13. The number of halogens is 1. The minimum Gasteiger partial charge on any atom is -0.451 e. The average Bonchev–Trinajstić information content (AvgIpc) is 3.16. The second-order valence-electron chi connectivity index (χ2n) is 7.29. The number of fused-ring (bicyclic) bond motifs is 2. The number of furan rings is 1. The van der Waals surface area contributed by atoms with Crippen molar-refractivity contribution in [1.82, 2.24) is 9.80 Å². The van der Waals surface area contributed by atoms with E-state index in [2.05, 4.69) is 19.0 Å². The van der Waals surface area contributed by atoms with Crippen molar-refractivity contribution in [1.29, 1.82) is 0 Å². The second kappa shape index (κ2) is 5.76. The number of nitrogens with zero attached hydrogens (tertiary/aromatic N) is 2. The molecule has 1 aromatic carbocycles. The first-order valence-electron chi connectivity index (χ1n) is 8.18. The Morgan fingerprint density at radius 2 is 2.25 bits per heavy atom. The zero-order valence-corrected chi connectivity index (χ0v) is 14.7. The second-order valence-corrected chi connectivity index (χ2v) is 7.73. The minimum atomic E-state index is -0.0464. The summed E-state index contributed by atoms with van der Waals surface area (Å²) in [6.45, 7) is 3.82. The van der Waals surface area contributed by atoms with Gasteiger partial charge in [0, 0.05) is 41.4 Å². The van der Waals surface area contributed by atoms with Crippen LogP contribution in [-0.2, 0) is 4.74 Å². The Labute approximate surface area is 146 Å². The van der Waals surface area contributed by atoms with Crippen LogP contribution in [0.4, 0.5) is 0 Å². The molecule has 0 spiro atoms. The maximum absolute atomic E-state index is 12.9. The molecule has 0 unspecified atom stereocenters. The summed E-state index contributed by atoms with van der Waals surface area (Å²) >= 11 is 6.01. The van der Waals surface area contributed by atoms with Gasteiger partial charge in [-0.3, -0.25) is 4.79 Å². The highest BCUT2D eigenvalue weighted by molar-refractivity contribution is 6.31. The molecule has 1 amide bonds. The summed E-state index contributed by atoms with van der Waals surface area (Å²) in [5.41, 5.74) is 0.725. The van der Waals surface area contributed by atoms with E-state index in [0.29, 0.717) is 28.8 Å². The van der Waals surface area contributed by atoms with Gasteiger partial charge in [-0.1, -0.05) is 11.6 Å². The van der Waals surface area contributed by atoms with Crippen molar-refractivity contribution in [3.8, 4) is 0 Å². The van der Waals surface area contributed by atoms with Gasteiger partial charge >= 0.3 is 0 Å². The van der Waals surface area contributed by atoms with Crippen molar-refractivity contribution >= 4 is 28.5 Å². The molecule has 2 fully saturated rings. The summed E-state index contributed by atoms with van der Waals surface area (Å²) in [4.78, 5) is 17.0. The number of ether oxygens (including phenoxy) is 1. The molecule has 1 aromatic heterocycles. The molecule has 24 heavy (non-hydrogen) atoms. The van der Waals surface area contributed by atoms with Crippen molar-refractivity contribution in [3.05, 3.63) is 35.0 Å². The number of carbonyl (C=O) groups is 1. The number of rotatable bonds is 3. The SMILES string of the molecule is CN(C)C[C@@]12COC[C@@H]1CN(C(=O)c1cc3cc(Cl)ccc3o1)C2. The summed E-state index contributed by atoms with van der Waals surface area (Å²) in [6, 6.07) is 7.17. The fourth-order valence-corrected chi connectivity index (χ4v) is 4.30. The molecule has 5 nitrogen and oxygen atoms in total. The van der Waals surface area contributed by atoms with Crippen LogP contribution < -0.4 is 0 Å². The van der Waals surface area contributed by atoms with Gasteiger partial charge in [0.25, 0.3) is 5.91 Å². The largest absolute Gasteiger partial charge is 0.451 e. The van der Waals surface area contributed by atoms with E-state index in [1.165, 1.54) is 0 Å². The average molecular weight is 349 g/mol. The van der Waals surface area contributed by atoms with E-state index in [9.17, 15) is 4.79 Å². The number of hydrogen-bond donors (Lipinski definition) is 0. The number of benzene rings is 1. The van der Waals surface area contributed by atoms with E-state index in [-0.39, 0.29) is 11.3 Å². The third-order valence-corrected chi connectivity index (χ3v) is 5.36. The Morgan fingerprint density at radius 3 is 3.04 bits per heavy atom. The minimum absolute atomic E-state index is 0.0362. The van der Waals surface area contributed by atoms with Gasteiger partial charge < -0.3 is 19.0 Å². The molecule has 0 aliphatic carbocycles. The van der Waals surface area contributed by atoms with Crippen molar-refractivity contribution < 1.29 is 13.9 Å². The lowest BCUT2D eigenvalue weighted by molar-refractivity contribution is 0.0670. The number of likely N-dealkylation sites (tertiary alicyclic amines) is 1. The Bertz CT molecular complexity index is 788. The molecule has 2 saturated heterocycles. The standard InChI is InChI=1S/C18H21ClN2O3/c1-20(2)9-18-10-21(7-13(18)8-23-11-18)17(22)16-6-12-5-14(19)3-4-15(12)24-16/h3-6,13H,7-11H2,1-2H3/t13-,18+/m0/s1. The molecule has 128 valence electrons. The lowest BCUT2D eigenvalue weighted by Gasteiger charge is -2.30. The lowest BCUT2D eigenvalue weighted by Crippen LogP contribution is -2.41. The number of hydrogen-bond acceptors (Lipinski definition) is 4. The topological polar surface area (TPSA) is 45.9 Å². The van der Waals surface area contributed by atoms with Gasteiger partial charge in [-0.05, 0) is 38.4 Å². The molecule has 2 aliphatic rings. The first-order chi connectivity index (χ1) is 11.5. The molecule has 0 N–H and O–H groups in total. The normalized spacial score (nSPS) is 26.5. The lowest BCUT2D eigenvalue weighted by atomic mass is 9.81. The molecule has 2 aliphatic heterocycles. The summed E-state index contributed by atoms with van der Waals surface area (Å²) < 4.78 is 11.4. The first-order valence-corrected chi connectivity index (χ1v) is 8.55. The molecule has 0 bridgehead atoms. The van der Waals surface area contributed by atoms with Crippen LogP contribution in [0.2, 0.25) is 5.02 Å². The molecular weight excluding hydrogens is 328 g/mol.